The van der Waals surface area contributed by atoms with Gasteiger partial charge in [-0.3, -0.25) is 0 Å². The third-order valence-corrected chi connectivity index (χ3v) is 5.56. The van der Waals surface area contributed by atoms with E-state index >= 15 is 0 Å². The van der Waals surface area contributed by atoms with E-state index < -0.39 is 0 Å². The van der Waals surface area contributed by atoms with Crippen LogP contribution in [0.15, 0.2) is 72.8 Å². The first kappa shape index (κ1) is 19.0. The highest BCUT2D eigenvalue weighted by molar-refractivity contribution is 6.30. The van der Waals surface area contributed by atoms with Crippen LogP contribution in [-0.4, -0.2) is 17.0 Å². The molecule has 1 aliphatic heterocycles. The van der Waals surface area contributed by atoms with E-state index in [0.29, 0.717) is 16.3 Å². The number of urea groups is 1. The molecule has 29 heavy (non-hydrogen) atoms. The van der Waals surface area contributed by atoms with Crippen molar-refractivity contribution in [3.05, 3.63) is 100 Å². The lowest BCUT2D eigenvalue weighted by Crippen LogP contribution is -2.48. The van der Waals surface area contributed by atoms with Gasteiger partial charge in [-0.1, -0.05) is 48.0 Å². The third kappa shape index (κ3) is 3.83. The second-order valence-electron chi connectivity index (χ2n) is 7.23. The summed E-state index contributed by atoms with van der Waals surface area (Å²) in [5.74, 6) is 0. The maximum Gasteiger partial charge on any atom is 0.322 e. The highest BCUT2D eigenvalue weighted by Gasteiger charge is 2.36. The molecule has 0 aliphatic carbocycles. The van der Waals surface area contributed by atoms with Crippen LogP contribution in [0, 0.1) is 11.3 Å². The average molecular weight is 402 g/mol. The molecule has 0 unspecified atom stereocenters. The molecule has 4 nitrogen and oxygen atoms in total. The lowest BCUT2D eigenvalue weighted by molar-refractivity contribution is 0.165. The molecule has 0 radical (unpaired) electrons. The summed E-state index contributed by atoms with van der Waals surface area (Å²) in [7, 11) is 0. The second kappa shape index (κ2) is 7.98. The molecule has 0 bridgehead atoms. The Hall–Kier alpha value is -3.29. The highest BCUT2D eigenvalue weighted by atomic mass is 35.5. The maximum absolute atomic E-state index is 13.3. The fourth-order valence-corrected chi connectivity index (χ4v) is 4.05. The Kier molecular flexibility index (Phi) is 5.24. The minimum Gasteiger partial charge on any atom is -0.310 e. The van der Waals surface area contributed by atoms with E-state index in [1.165, 1.54) is 5.56 Å². The number of nitriles is 1. The molecule has 0 spiro atoms. The average Bonchev–Trinajstić information content (AvgIpc) is 2.74. The largest absolute Gasteiger partial charge is 0.322 e. The van der Waals surface area contributed by atoms with Gasteiger partial charge in [0.1, 0.15) is 0 Å². The van der Waals surface area contributed by atoms with Crippen molar-refractivity contribution in [2.24, 2.45) is 0 Å². The van der Waals surface area contributed by atoms with Crippen molar-refractivity contribution in [1.29, 1.82) is 5.26 Å². The minimum atomic E-state index is -0.203. The van der Waals surface area contributed by atoms with E-state index in [0.717, 1.165) is 17.5 Å². The maximum atomic E-state index is 13.3. The van der Waals surface area contributed by atoms with Gasteiger partial charge in [-0.2, -0.15) is 5.26 Å². The Balaban J connectivity index is 1.71. The zero-order valence-corrected chi connectivity index (χ0v) is 16.7. The molecule has 0 saturated heterocycles. The number of hydrogen-bond donors (Lipinski definition) is 1. The number of rotatable bonds is 2. The van der Waals surface area contributed by atoms with Crippen LogP contribution in [0.2, 0.25) is 5.02 Å². The normalized spacial score (nSPS) is 17.9. The first-order chi connectivity index (χ1) is 14.1. The van der Waals surface area contributed by atoms with Crippen molar-refractivity contribution >= 4 is 23.3 Å². The molecule has 1 N–H and O–H groups in total. The molecule has 3 aromatic rings. The summed E-state index contributed by atoms with van der Waals surface area (Å²) >= 11 is 6.09. The van der Waals surface area contributed by atoms with E-state index in [2.05, 4.69) is 30.4 Å². The quantitative estimate of drug-likeness (QED) is 0.591. The van der Waals surface area contributed by atoms with Gasteiger partial charge in [-0.15, -0.1) is 0 Å². The number of nitrogens with zero attached hydrogens (tertiary/aromatic N) is 2. The Labute approximate surface area is 175 Å². The topological polar surface area (TPSA) is 56.1 Å². The van der Waals surface area contributed by atoms with E-state index in [1.807, 2.05) is 41.3 Å². The predicted molar refractivity (Wildman–Crippen MR) is 115 cm³/mol. The fraction of sp³-hybridized carbons (Fsp3) is 0.167. The van der Waals surface area contributed by atoms with Crippen LogP contribution in [0.1, 0.15) is 35.2 Å². The van der Waals surface area contributed by atoms with Gasteiger partial charge in [0.15, 0.2) is 0 Å². The van der Waals surface area contributed by atoms with Crippen LogP contribution in [0.25, 0.3) is 0 Å². The molecular weight excluding hydrogens is 382 g/mol. The van der Waals surface area contributed by atoms with Crippen LogP contribution in [-0.2, 0) is 6.42 Å². The molecule has 2 atom stereocenters. The van der Waals surface area contributed by atoms with Crippen LogP contribution in [0.5, 0.6) is 0 Å². The molecule has 144 valence electrons. The molecule has 0 fully saturated rings. The summed E-state index contributed by atoms with van der Waals surface area (Å²) < 4.78 is 0. The number of halogens is 1. The Morgan fingerprint density at radius 1 is 1.07 bits per heavy atom. The second-order valence-corrected chi connectivity index (χ2v) is 7.67. The Bertz CT molecular complexity index is 1070. The molecule has 1 heterocycles. The number of carbonyl (C=O) groups is 1. The van der Waals surface area contributed by atoms with Crippen molar-refractivity contribution in [3.8, 4) is 6.07 Å². The molecule has 0 aromatic heterocycles. The van der Waals surface area contributed by atoms with Gasteiger partial charge < -0.3 is 10.2 Å². The van der Waals surface area contributed by atoms with E-state index in [1.54, 1.807) is 24.3 Å². The van der Waals surface area contributed by atoms with Gasteiger partial charge in [0, 0.05) is 16.8 Å². The molecule has 2 amide bonds. The Morgan fingerprint density at radius 3 is 2.45 bits per heavy atom. The number of anilines is 1. The molecule has 5 heteroatoms. The van der Waals surface area contributed by atoms with Crippen LogP contribution >= 0.6 is 11.6 Å². The highest BCUT2D eigenvalue weighted by Crippen LogP contribution is 2.38. The van der Waals surface area contributed by atoms with E-state index in [9.17, 15) is 4.79 Å². The van der Waals surface area contributed by atoms with Crippen molar-refractivity contribution < 1.29 is 4.79 Å². The van der Waals surface area contributed by atoms with Crippen LogP contribution in [0.3, 0.4) is 0 Å². The Morgan fingerprint density at radius 2 is 1.76 bits per heavy atom. The van der Waals surface area contributed by atoms with Gasteiger partial charge in [0.25, 0.3) is 0 Å². The van der Waals surface area contributed by atoms with Gasteiger partial charge in [0.05, 0.1) is 17.7 Å². The lowest BCUT2D eigenvalue weighted by Gasteiger charge is -2.42. The molecule has 1 aliphatic rings. The fourth-order valence-electron chi connectivity index (χ4n) is 3.93. The third-order valence-electron chi connectivity index (χ3n) is 5.30. The summed E-state index contributed by atoms with van der Waals surface area (Å²) in [4.78, 5) is 15.2. The zero-order chi connectivity index (χ0) is 20.4. The van der Waals surface area contributed by atoms with Gasteiger partial charge in [-0.05, 0) is 66.4 Å². The summed E-state index contributed by atoms with van der Waals surface area (Å²) in [6.45, 7) is 2.07. The SMILES string of the molecule is C[C@H]1Cc2ccccc2[C@@H](c2ccc(Cl)cc2)N1C(=O)Nc1ccc(C#N)cc1. The standard InChI is InChI=1S/C24H20ClN3O/c1-16-14-19-4-2-3-5-22(19)23(18-8-10-20(25)11-9-18)28(16)24(29)27-21-12-6-17(15-26)7-13-21/h2-13,16,23H,14H2,1H3,(H,27,29)/t16-,23+/m0/s1. The van der Waals surface area contributed by atoms with Crippen molar-refractivity contribution in [2.75, 3.05) is 5.32 Å². The first-order valence-electron chi connectivity index (χ1n) is 9.49. The van der Waals surface area contributed by atoms with Gasteiger partial charge in [0.2, 0.25) is 0 Å². The number of benzene rings is 3. The minimum absolute atomic E-state index is 0.0176. The smallest absolute Gasteiger partial charge is 0.310 e. The number of fused-ring (bicyclic) bond motifs is 1. The lowest BCUT2D eigenvalue weighted by atomic mass is 9.85. The number of nitrogens with one attached hydrogen (secondary N) is 1. The van der Waals surface area contributed by atoms with Crippen LogP contribution in [0.4, 0.5) is 10.5 Å². The summed E-state index contributed by atoms with van der Waals surface area (Å²) in [5.41, 5.74) is 4.62. The van der Waals surface area contributed by atoms with Gasteiger partial charge in [-0.25, -0.2) is 4.79 Å². The van der Waals surface area contributed by atoms with Crippen molar-refractivity contribution in [1.82, 2.24) is 4.90 Å². The summed E-state index contributed by atoms with van der Waals surface area (Å²) in [5, 5.41) is 12.6. The monoisotopic (exact) mass is 401 g/mol. The zero-order valence-electron chi connectivity index (χ0n) is 16.0. The van der Waals surface area contributed by atoms with Gasteiger partial charge >= 0.3 is 6.03 Å². The predicted octanol–water partition coefficient (Wildman–Crippen LogP) is 5.78. The number of carbonyl (C=O) groups excluding carboxylic acids is 1. The molecule has 4 rings (SSSR count). The van der Waals surface area contributed by atoms with Crippen molar-refractivity contribution in [3.63, 3.8) is 0 Å². The van der Waals surface area contributed by atoms with Crippen molar-refractivity contribution in [2.45, 2.75) is 25.4 Å². The molecular formula is C24H20ClN3O. The summed E-state index contributed by atoms with van der Waals surface area (Å²) in [6, 6.07) is 24.5. The number of amides is 2. The van der Waals surface area contributed by atoms with E-state index in [4.69, 9.17) is 16.9 Å². The molecule has 3 aromatic carbocycles. The summed E-state index contributed by atoms with van der Waals surface area (Å²) in [6.07, 6.45) is 0.793. The molecule has 0 saturated carbocycles. The first-order valence-corrected chi connectivity index (χ1v) is 9.87. The van der Waals surface area contributed by atoms with E-state index in [-0.39, 0.29) is 18.1 Å². The van der Waals surface area contributed by atoms with Crippen LogP contribution < -0.4 is 5.32 Å². The number of hydrogen-bond acceptors (Lipinski definition) is 2.